The van der Waals surface area contributed by atoms with Gasteiger partial charge in [-0.25, -0.2) is 12.8 Å². The van der Waals surface area contributed by atoms with E-state index < -0.39 is 15.8 Å². The summed E-state index contributed by atoms with van der Waals surface area (Å²) in [5, 5.41) is 0.570. The highest BCUT2D eigenvalue weighted by atomic mass is 35.5. The Labute approximate surface area is 134 Å². The van der Waals surface area contributed by atoms with Gasteiger partial charge in [0.2, 0.25) is 10.0 Å². The van der Waals surface area contributed by atoms with Gasteiger partial charge in [0.05, 0.1) is 7.11 Å². The zero-order valence-corrected chi connectivity index (χ0v) is 13.7. The summed E-state index contributed by atoms with van der Waals surface area (Å²) in [6.45, 7) is 0.138. The van der Waals surface area contributed by atoms with Crippen LogP contribution in [0.5, 0.6) is 5.75 Å². The number of sulfonamides is 1. The first-order valence-corrected chi connectivity index (χ1v) is 8.20. The molecule has 0 aromatic heterocycles. The third-order valence-electron chi connectivity index (χ3n) is 3.13. The van der Waals surface area contributed by atoms with Crippen molar-refractivity contribution in [1.82, 2.24) is 4.31 Å². The molecule has 2 aromatic carbocycles. The lowest BCUT2D eigenvalue weighted by Gasteiger charge is -2.19. The highest BCUT2D eigenvalue weighted by Gasteiger charge is 2.25. The smallest absolute Gasteiger partial charge is 0.246 e. The van der Waals surface area contributed by atoms with E-state index in [-0.39, 0.29) is 17.2 Å². The van der Waals surface area contributed by atoms with Crippen molar-refractivity contribution in [2.45, 2.75) is 11.4 Å². The summed E-state index contributed by atoms with van der Waals surface area (Å²) in [7, 11) is -1.11. The Balaban J connectivity index is 2.33. The molecule has 0 unspecified atom stereocenters. The maximum atomic E-state index is 13.4. The zero-order chi connectivity index (χ0) is 16.3. The van der Waals surface area contributed by atoms with Gasteiger partial charge in [-0.2, -0.15) is 4.31 Å². The number of hydrogen-bond donors (Lipinski definition) is 0. The van der Waals surface area contributed by atoms with Crippen molar-refractivity contribution in [2.75, 3.05) is 14.2 Å². The standard InChI is InChI=1S/C15H15ClFNO3S/c1-18(10-11-3-5-12(16)6-4-11)22(19,20)15-9-13(17)7-8-14(15)21-2/h3-9H,10H2,1-2H3. The van der Waals surface area contributed by atoms with Crippen molar-refractivity contribution in [1.29, 1.82) is 0 Å². The summed E-state index contributed by atoms with van der Waals surface area (Å²) in [6, 6.07) is 10.2. The minimum absolute atomic E-state index is 0.101. The molecule has 0 aliphatic rings. The Morgan fingerprint density at radius 1 is 1.18 bits per heavy atom. The maximum Gasteiger partial charge on any atom is 0.246 e. The van der Waals surface area contributed by atoms with Gasteiger partial charge in [0.15, 0.2) is 0 Å². The Bertz CT molecular complexity index is 763. The highest BCUT2D eigenvalue weighted by molar-refractivity contribution is 7.89. The molecule has 0 radical (unpaired) electrons. The lowest BCUT2D eigenvalue weighted by molar-refractivity contribution is 0.395. The summed E-state index contributed by atoms with van der Waals surface area (Å²) in [6.07, 6.45) is 0. The number of hydrogen-bond acceptors (Lipinski definition) is 3. The highest BCUT2D eigenvalue weighted by Crippen LogP contribution is 2.27. The van der Waals surface area contributed by atoms with E-state index in [0.717, 1.165) is 22.0 Å². The van der Waals surface area contributed by atoms with Crippen molar-refractivity contribution in [3.05, 3.63) is 58.9 Å². The second-order valence-electron chi connectivity index (χ2n) is 4.68. The van der Waals surface area contributed by atoms with Gasteiger partial charge >= 0.3 is 0 Å². The Hall–Kier alpha value is -1.63. The van der Waals surface area contributed by atoms with E-state index >= 15 is 0 Å². The van der Waals surface area contributed by atoms with Crippen LogP contribution in [0.2, 0.25) is 5.02 Å². The van der Waals surface area contributed by atoms with E-state index in [1.807, 2.05) is 0 Å². The molecule has 0 aliphatic heterocycles. The number of nitrogens with zero attached hydrogens (tertiary/aromatic N) is 1. The molecule has 22 heavy (non-hydrogen) atoms. The number of ether oxygens (including phenoxy) is 1. The third kappa shape index (κ3) is 3.58. The van der Waals surface area contributed by atoms with Crippen LogP contribution >= 0.6 is 11.6 Å². The fourth-order valence-corrected chi connectivity index (χ4v) is 3.40. The van der Waals surface area contributed by atoms with Crippen LogP contribution in [0.1, 0.15) is 5.56 Å². The molecule has 0 heterocycles. The van der Waals surface area contributed by atoms with E-state index in [2.05, 4.69) is 0 Å². The van der Waals surface area contributed by atoms with E-state index in [0.29, 0.717) is 5.02 Å². The van der Waals surface area contributed by atoms with Gasteiger partial charge in [0.1, 0.15) is 16.5 Å². The van der Waals surface area contributed by atoms with Gasteiger partial charge in [-0.3, -0.25) is 0 Å². The second kappa shape index (κ2) is 6.64. The molecule has 0 bridgehead atoms. The second-order valence-corrected chi connectivity index (χ2v) is 7.13. The monoisotopic (exact) mass is 343 g/mol. The fraction of sp³-hybridized carbons (Fsp3) is 0.200. The predicted molar refractivity (Wildman–Crippen MR) is 83.1 cm³/mol. The number of rotatable bonds is 5. The molecule has 4 nitrogen and oxygen atoms in total. The SMILES string of the molecule is COc1ccc(F)cc1S(=O)(=O)N(C)Cc1ccc(Cl)cc1. The molecule has 0 saturated heterocycles. The van der Waals surface area contributed by atoms with Crippen LogP contribution in [0.15, 0.2) is 47.4 Å². The number of halogens is 2. The Morgan fingerprint density at radius 2 is 1.82 bits per heavy atom. The number of benzene rings is 2. The molecule has 2 aromatic rings. The summed E-state index contributed by atoms with van der Waals surface area (Å²) in [4.78, 5) is -0.202. The van der Waals surface area contributed by atoms with Crippen LogP contribution in [0, 0.1) is 5.82 Å². The third-order valence-corrected chi connectivity index (χ3v) is 5.21. The van der Waals surface area contributed by atoms with Crippen molar-refractivity contribution in [2.24, 2.45) is 0 Å². The average molecular weight is 344 g/mol. The molecule has 0 atom stereocenters. The normalized spacial score (nSPS) is 11.7. The molecule has 0 fully saturated rings. The summed E-state index contributed by atoms with van der Waals surface area (Å²) in [5.41, 5.74) is 0.769. The van der Waals surface area contributed by atoms with E-state index in [1.54, 1.807) is 24.3 Å². The maximum absolute atomic E-state index is 13.4. The van der Waals surface area contributed by atoms with Crippen molar-refractivity contribution in [3.8, 4) is 5.75 Å². The van der Waals surface area contributed by atoms with Gasteiger partial charge < -0.3 is 4.74 Å². The molecule has 0 spiro atoms. The van der Waals surface area contributed by atoms with Crippen LogP contribution in [0.4, 0.5) is 4.39 Å². The summed E-state index contributed by atoms with van der Waals surface area (Å²) < 4.78 is 44.7. The minimum Gasteiger partial charge on any atom is -0.495 e. The lowest BCUT2D eigenvalue weighted by atomic mass is 10.2. The van der Waals surface area contributed by atoms with Crippen molar-refractivity contribution in [3.63, 3.8) is 0 Å². The Morgan fingerprint density at radius 3 is 2.41 bits per heavy atom. The molecule has 0 saturated carbocycles. The minimum atomic E-state index is -3.88. The first-order chi connectivity index (χ1) is 10.3. The summed E-state index contributed by atoms with van der Waals surface area (Å²) >= 11 is 5.80. The van der Waals surface area contributed by atoms with Gasteiger partial charge in [-0.1, -0.05) is 23.7 Å². The van der Waals surface area contributed by atoms with Crippen LogP contribution in [-0.4, -0.2) is 26.9 Å². The molecule has 2 rings (SSSR count). The van der Waals surface area contributed by atoms with Crippen LogP contribution in [0.25, 0.3) is 0 Å². The first-order valence-electron chi connectivity index (χ1n) is 6.39. The van der Waals surface area contributed by atoms with Gasteiger partial charge in [-0.05, 0) is 35.9 Å². The van der Waals surface area contributed by atoms with Gasteiger partial charge in [-0.15, -0.1) is 0 Å². The van der Waals surface area contributed by atoms with Gasteiger partial charge in [0.25, 0.3) is 0 Å². The predicted octanol–water partition coefficient (Wildman–Crippen LogP) is 3.31. The van der Waals surface area contributed by atoms with Gasteiger partial charge in [0, 0.05) is 18.6 Å². The molecule has 0 aliphatic carbocycles. The molecular formula is C15H15ClFNO3S. The fourth-order valence-electron chi connectivity index (χ4n) is 1.95. The largest absolute Gasteiger partial charge is 0.495 e. The quantitative estimate of drug-likeness (QED) is 0.836. The van der Waals surface area contributed by atoms with E-state index in [4.69, 9.17) is 16.3 Å². The molecule has 0 N–H and O–H groups in total. The lowest BCUT2D eigenvalue weighted by Crippen LogP contribution is -2.27. The average Bonchev–Trinajstić information content (AvgIpc) is 2.49. The van der Waals surface area contributed by atoms with Crippen molar-refractivity contribution >= 4 is 21.6 Å². The van der Waals surface area contributed by atoms with E-state index in [1.165, 1.54) is 20.2 Å². The zero-order valence-electron chi connectivity index (χ0n) is 12.1. The topological polar surface area (TPSA) is 46.6 Å². The Kier molecular flexibility index (Phi) is 5.05. The van der Waals surface area contributed by atoms with Crippen LogP contribution in [-0.2, 0) is 16.6 Å². The first kappa shape index (κ1) is 16.7. The van der Waals surface area contributed by atoms with Crippen LogP contribution in [0.3, 0.4) is 0 Å². The molecule has 7 heteroatoms. The molecule has 118 valence electrons. The van der Waals surface area contributed by atoms with Crippen LogP contribution < -0.4 is 4.74 Å². The summed E-state index contributed by atoms with van der Waals surface area (Å²) in [5.74, 6) is -0.538. The van der Waals surface area contributed by atoms with Crippen molar-refractivity contribution < 1.29 is 17.5 Å². The molecular weight excluding hydrogens is 329 g/mol. The number of methoxy groups -OCH3 is 1. The molecule has 0 amide bonds. The van der Waals surface area contributed by atoms with E-state index in [9.17, 15) is 12.8 Å².